The fraction of sp³-hybridized carbons (Fsp3) is 0.667. The van der Waals surface area contributed by atoms with Crippen LogP contribution in [0, 0.1) is 3.57 Å². The first-order chi connectivity index (χ1) is 7.79. The van der Waals surface area contributed by atoms with E-state index in [9.17, 15) is 0 Å². The maximum Gasteiger partial charge on any atom is 0.162 e. The number of aromatic nitrogens is 2. The minimum Gasteiger partial charge on any atom is -0.383 e. The molecule has 0 bridgehead atoms. The molecule has 0 amide bonds. The number of anilines is 1. The van der Waals surface area contributed by atoms with E-state index in [1.807, 2.05) is 20.8 Å². The van der Waals surface area contributed by atoms with Crippen LogP contribution >= 0.6 is 22.6 Å². The number of halogens is 1. The van der Waals surface area contributed by atoms with Crippen molar-refractivity contribution in [1.82, 2.24) is 9.97 Å². The van der Waals surface area contributed by atoms with Crippen LogP contribution in [0.25, 0.3) is 0 Å². The van der Waals surface area contributed by atoms with Crippen molar-refractivity contribution in [1.29, 1.82) is 0 Å². The van der Waals surface area contributed by atoms with E-state index in [4.69, 9.17) is 10.5 Å². The molecule has 17 heavy (non-hydrogen) atoms. The summed E-state index contributed by atoms with van der Waals surface area (Å²) in [6.07, 6.45) is 0. The third-order valence-corrected chi connectivity index (χ3v) is 3.60. The van der Waals surface area contributed by atoms with E-state index in [-0.39, 0.29) is 0 Å². The third-order valence-electron chi connectivity index (χ3n) is 2.49. The van der Waals surface area contributed by atoms with Crippen molar-refractivity contribution < 1.29 is 4.74 Å². The van der Waals surface area contributed by atoms with E-state index in [1.54, 1.807) is 0 Å². The number of hydrogen-bond donors (Lipinski definition) is 1. The van der Waals surface area contributed by atoms with Crippen molar-refractivity contribution in [2.24, 2.45) is 0 Å². The summed E-state index contributed by atoms with van der Waals surface area (Å²) in [7, 11) is 0. The van der Waals surface area contributed by atoms with Crippen molar-refractivity contribution in [3.8, 4) is 0 Å². The molecule has 1 aromatic heterocycles. The second kappa shape index (κ2) is 5.48. The molecule has 0 fully saturated rings. The van der Waals surface area contributed by atoms with E-state index < -0.39 is 5.60 Å². The summed E-state index contributed by atoms with van der Waals surface area (Å²) in [6.45, 7) is 10.7. The van der Waals surface area contributed by atoms with Gasteiger partial charge in [-0.1, -0.05) is 13.8 Å². The Morgan fingerprint density at radius 1 is 1.35 bits per heavy atom. The molecule has 0 aromatic carbocycles. The fourth-order valence-corrected chi connectivity index (χ4v) is 2.42. The molecule has 0 aliphatic carbocycles. The molecule has 1 aromatic rings. The molecule has 2 N–H and O–H groups in total. The molecular weight excluding hydrogens is 329 g/mol. The molecule has 0 aliphatic heterocycles. The van der Waals surface area contributed by atoms with Gasteiger partial charge in [0.25, 0.3) is 0 Å². The van der Waals surface area contributed by atoms with Gasteiger partial charge in [0.1, 0.15) is 11.4 Å². The Bertz CT molecular complexity index is 405. The van der Waals surface area contributed by atoms with Gasteiger partial charge in [-0.15, -0.1) is 0 Å². The van der Waals surface area contributed by atoms with Gasteiger partial charge in [0.05, 0.1) is 9.26 Å². The number of ether oxygens (including phenoxy) is 1. The van der Waals surface area contributed by atoms with Crippen LogP contribution in [-0.4, -0.2) is 16.6 Å². The van der Waals surface area contributed by atoms with Crippen LogP contribution in [0.3, 0.4) is 0 Å². The van der Waals surface area contributed by atoms with Crippen molar-refractivity contribution >= 4 is 28.4 Å². The zero-order chi connectivity index (χ0) is 13.2. The summed E-state index contributed by atoms with van der Waals surface area (Å²) in [5.74, 6) is 1.51. The molecule has 1 heterocycles. The van der Waals surface area contributed by atoms with Crippen molar-refractivity contribution in [3.63, 3.8) is 0 Å². The van der Waals surface area contributed by atoms with Crippen LogP contribution in [0.4, 0.5) is 5.82 Å². The van der Waals surface area contributed by atoms with Gasteiger partial charge in [-0.3, -0.25) is 0 Å². The lowest BCUT2D eigenvalue weighted by Gasteiger charge is -2.24. The van der Waals surface area contributed by atoms with E-state index in [2.05, 4.69) is 46.4 Å². The van der Waals surface area contributed by atoms with E-state index in [0.717, 1.165) is 9.26 Å². The van der Waals surface area contributed by atoms with E-state index in [1.165, 1.54) is 0 Å². The highest BCUT2D eigenvalue weighted by molar-refractivity contribution is 14.1. The predicted octanol–water partition coefficient (Wildman–Crippen LogP) is 3.06. The SMILES string of the molecule is CCOC(C)(C)c1nc(N)c(I)c(C(C)C)n1. The normalized spacial score (nSPS) is 12.2. The molecular formula is C12H20IN3O. The summed E-state index contributed by atoms with van der Waals surface area (Å²) in [6, 6.07) is 0. The molecule has 96 valence electrons. The molecule has 0 aliphatic rings. The summed E-state index contributed by atoms with van der Waals surface area (Å²) < 4.78 is 6.60. The van der Waals surface area contributed by atoms with Crippen LogP contribution in [0.15, 0.2) is 0 Å². The second-order valence-electron chi connectivity index (χ2n) is 4.73. The Balaban J connectivity index is 3.28. The Hall–Kier alpha value is -0.430. The van der Waals surface area contributed by atoms with E-state index in [0.29, 0.717) is 24.2 Å². The molecule has 0 unspecified atom stereocenters. The number of nitrogens with zero attached hydrogens (tertiary/aromatic N) is 2. The zero-order valence-corrected chi connectivity index (χ0v) is 13.2. The number of nitrogens with two attached hydrogens (primary N) is 1. The lowest BCUT2D eigenvalue weighted by Crippen LogP contribution is -2.26. The molecule has 0 saturated heterocycles. The molecule has 0 spiro atoms. The summed E-state index contributed by atoms with van der Waals surface area (Å²) in [5, 5.41) is 0. The maximum atomic E-state index is 5.94. The Morgan fingerprint density at radius 2 is 1.94 bits per heavy atom. The molecule has 0 radical (unpaired) electrons. The molecule has 0 saturated carbocycles. The lowest BCUT2D eigenvalue weighted by atomic mass is 10.1. The highest BCUT2D eigenvalue weighted by atomic mass is 127. The first-order valence-electron chi connectivity index (χ1n) is 5.77. The van der Waals surface area contributed by atoms with E-state index >= 15 is 0 Å². The second-order valence-corrected chi connectivity index (χ2v) is 5.81. The van der Waals surface area contributed by atoms with Crippen LogP contribution in [-0.2, 0) is 10.3 Å². The smallest absolute Gasteiger partial charge is 0.162 e. The minimum absolute atomic E-state index is 0.323. The highest BCUT2D eigenvalue weighted by Gasteiger charge is 2.26. The highest BCUT2D eigenvalue weighted by Crippen LogP contribution is 2.28. The maximum absolute atomic E-state index is 5.94. The summed E-state index contributed by atoms with van der Waals surface area (Å²) in [5.41, 5.74) is 6.42. The van der Waals surface area contributed by atoms with Crippen LogP contribution < -0.4 is 5.73 Å². The largest absolute Gasteiger partial charge is 0.383 e. The van der Waals surface area contributed by atoms with Crippen molar-refractivity contribution in [2.75, 3.05) is 12.3 Å². The monoisotopic (exact) mass is 349 g/mol. The zero-order valence-electron chi connectivity index (χ0n) is 11.0. The van der Waals surface area contributed by atoms with Crippen LogP contribution in [0.1, 0.15) is 52.1 Å². The van der Waals surface area contributed by atoms with Gasteiger partial charge in [-0.05, 0) is 49.3 Å². The minimum atomic E-state index is -0.503. The Morgan fingerprint density at radius 3 is 2.41 bits per heavy atom. The molecule has 5 heteroatoms. The summed E-state index contributed by atoms with van der Waals surface area (Å²) in [4.78, 5) is 8.94. The lowest BCUT2D eigenvalue weighted by molar-refractivity contribution is -0.0209. The number of hydrogen-bond acceptors (Lipinski definition) is 4. The van der Waals surface area contributed by atoms with Gasteiger partial charge >= 0.3 is 0 Å². The third kappa shape index (κ3) is 3.28. The first kappa shape index (κ1) is 14.6. The Kier molecular flexibility index (Phi) is 4.71. The Labute approximate surface area is 117 Å². The fourth-order valence-electron chi connectivity index (χ4n) is 1.56. The molecule has 0 atom stereocenters. The van der Waals surface area contributed by atoms with Gasteiger partial charge < -0.3 is 10.5 Å². The number of nitrogen functional groups attached to an aromatic ring is 1. The van der Waals surface area contributed by atoms with Crippen LogP contribution in [0.2, 0.25) is 0 Å². The van der Waals surface area contributed by atoms with Gasteiger partial charge in [-0.2, -0.15) is 0 Å². The van der Waals surface area contributed by atoms with Gasteiger partial charge in [0, 0.05) is 6.61 Å². The van der Waals surface area contributed by atoms with Crippen LogP contribution in [0.5, 0.6) is 0 Å². The molecule has 4 nitrogen and oxygen atoms in total. The van der Waals surface area contributed by atoms with Crippen molar-refractivity contribution in [2.45, 2.75) is 46.1 Å². The standard InChI is InChI=1S/C12H20IN3O/c1-6-17-12(4,5)11-15-9(7(2)3)8(13)10(14)16-11/h7H,6H2,1-5H3,(H2,14,15,16). The van der Waals surface area contributed by atoms with Crippen molar-refractivity contribution in [3.05, 3.63) is 15.1 Å². The average molecular weight is 349 g/mol. The van der Waals surface area contributed by atoms with Gasteiger partial charge in [0.15, 0.2) is 5.82 Å². The molecule has 1 rings (SSSR count). The predicted molar refractivity (Wildman–Crippen MR) is 77.9 cm³/mol. The first-order valence-corrected chi connectivity index (χ1v) is 6.84. The van der Waals surface area contributed by atoms with Gasteiger partial charge in [-0.25, -0.2) is 9.97 Å². The topological polar surface area (TPSA) is 61.0 Å². The summed E-state index contributed by atoms with van der Waals surface area (Å²) >= 11 is 2.20. The quantitative estimate of drug-likeness (QED) is 0.849. The van der Waals surface area contributed by atoms with Gasteiger partial charge in [0.2, 0.25) is 0 Å². The average Bonchev–Trinajstić information content (AvgIpc) is 2.21. The number of rotatable bonds is 4.